The molecule has 0 radical (unpaired) electrons. The molecule has 1 N–H and O–H groups in total. The third kappa shape index (κ3) is 3.24. The van der Waals surface area contributed by atoms with Crippen LogP contribution in [0.2, 0.25) is 0 Å². The van der Waals surface area contributed by atoms with E-state index in [4.69, 9.17) is 4.42 Å². The molecule has 1 heterocycles. The average molecular weight is 261 g/mol. The molecule has 92 valence electrons. The number of nitrogens with one attached hydrogen (secondary N) is 1. The van der Waals surface area contributed by atoms with Crippen LogP contribution in [0.4, 0.5) is 5.69 Å². The van der Waals surface area contributed by atoms with Crippen molar-refractivity contribution in [2.75, 3.05) is 5.32 Å². The highest BCUT2D eigenvalue weighted by Gasteiger charge is 2.03. The van der Waals surface area contributed by atoms with E-state index in [-0.39, 0.29) is 5.91 Å². The smallest absolute Gasteiger partial charge is 0.221 e. The summed E-state index contributed by atoms with van der Waals surface area (Å²) < 4.78 is 5.26. The number of furan rings is 1. The summed E-state index contributed by atoms with van der Waals surface area (Å²) in [4.78, 5) is 22.3. The lowest BCUT2D eigenvalue weighted by atomic mass is 10.3. The zero-order valence-corrected chi connectivity index (χ0v) is 10.5. The van der Waals surface area contributed by atoms with Crippen LogP contribution in [0.3, 0.4) is 0 Å². The van der Waals surface area contributed by atoms with Crippen molar-refractivity contribution in [3.8, 4) is 0 Å². The van der Waals surface area contributed by atoms with Gasteiger partial charge in [-0.3, -0.25) is 9.59 Å². The molecule has 5 heteroatoms. The molecular weight excluding hydrogens is 250 g/mol. The molecule has 0 atom stereocenters. The summed E-state index contributed by atoms with van der Waals surface area (Å²) in [6, 6.07) is 10.7. The van der Waals surface area contributed by atoms with Crippen molar-refractivity contribution in [2.24, 2.45) is 0 Å². The van der Waals surface area contributed by atoms with Crippen LogP contribution in [0, 0.1) is 0 Å². The predicted molar refractivity (Wildman–Crippen MR) is 69.0 cm³/mol. The molecule has 1 amide bonds. The maximum Gasteiger partial charge on any atom is 0.221 e. The highest BCUT2D eigenvalue weighted by atomic mass is 32.2. The summed E-state index contributed by atoms with van der Waals surface area (Å²) in [5.74, 6) is 0.212. The van der Waals surface area contributed by atoms with Gasteiger partial charge >= 0.3 is 0 Å². The van der Waals surface area contributed by atoms with E-state index in [1.165, 1.54) is 18.7 Å². The molecule has 0 aliphatic rings. The molecule has 0 aliphatic carbocycles. The monoisotopic (exact) mass is 261 g/mol. The standard InChI is InChI=1S/C13H11NO3S/c1-9(16)14-10-2-5-12(6-3-10)18-13-7-4-11(8-15)17-13/h2-8H,1H3,(H,14,16). The van der Waals surface area contributed by atoms with Crippen molar-refractivity contribution in [1.29, 1.82) is 0 Å². The Labute approximate surface area is 108 Å². The van der Waals surface area contributed by atoms with Gasteiger partial charge in [-0.15, -0.1) is 0 Å². The van der Waals surface area contributed by atoms with Gasteiger partial charge in [-0.05, 0) is 36.4 Å². The Kier molecular flexibility index (Phi) is 3.84. The van der Waals surface area contributed by atoms with Gasteiger partial charge in [0, 0.05) is 17.5 Å². The van der Waals surface area contributed by atoms with Crippen LogP contribution in [0.1, 0.15) is 17.5 Å². The van der Waals surface area contributed by atoms with Gasteiger partial charge in [0.25, 0.3) is 0 Å². The van der Waals surface area contributed by atoms with Gasteiger partial charge in [0.05, 0.1) is 0 Å². The molecule has 4 nitrogen and oxygen atoms in total. The zero-order chi connectivity index (χ0) is 13.0. The normalized spacial score (nSPS) is 10.1. The van der Waals surface area contributed by atoms with E-state index in [1.54, 1.807) is 12.1 Å². The summed E-state index contributed by atoms with van der Waals surface area (Å²) in [5, 5.41) is 3.35. The lowest BCUT2D eigenvalue weighted by Gasteiger charge is -2.02. The molecule has 0 aliphatic heterocycles. The number of carbonyl (C=O) groups excluding carboxylic acids is 2. The van der Waals surface area contributed by atoms with Gasteiger partial charge in [-0.25, -0.2) is 0 Å². The highest BCUT2D eigenvalue weighted by Crippen LogP contribution is 2.29. The van der Waals surface area contributed by atoms with E-state index in [9.17, 15) is 9.59 Å². The number of amides is 1. The Morgan fingerprint density at radius 2 is 1.94 bits per heavy atom. The molecule has 0 saturated carbocycles. The van der Waals surface area contributed by atoms with E-state index in [0.29, 0.717) is 17.1 Å². The number of hydrogen-bond donors (Lipinski definition) is 1. The lowest BCUT2D eigenvalue weighted by molar-refractivity contribution is -0.114. The maximum absolute atomic E-state index is 10.9. The molecule has 0 saturated heterocycles. The van der Waals surface area contributed by atoms with E-state index in [1.807, 2.05) is 24.3 Å². The van der Waals surface area contributed by atoms with Crippen molar-refractivity contribution < 1.29 is 14.0 Å². The number of rotatable bonds is 4. The molecule has 2 aromatic rings. The quantitative estimate of drug-likeness (QED) is 0.858. The second kappa shape index (κ2) is 5.55. The summed E-state index contributed by atoms with van der Waals surface area (Å²) >= 11 is 1.41. The summed E-state index contributed by atoms with van der Waals surface area (Å²) in [5.41, 5.74) is 0.750. The molecular formula is C13H11NO3S. The largest absolute Gasteiger partial charge is 0.447 e. The fourth-order valence-corrected chi connectivity index (χ4v) is 2.16. The number of hydrogen-bond acceptors (Lipinski definition) is 4. The van der Waals surface area contributed by atoms with Gasteiger partial charge in [0.2, 0.25) is 5.91 Å². The van der Waals surface area contributed by atoms with Crippen molar-refractivity contribution in [2.45, 2.75) is 16.9 Å². The third-order valence-electron chi connectivity index (χ3n) is 2.11. The highest BCUT2D eigenvalue weighted by molar-refractivity contribution is 7.99. The van der Waals surface area contributed by atoms with E-state index in [0.717, 1.165) is 10.6 Å². The number of aldehydes is 1. The van der Waals surface area contributed by atoms with Crippen molar-refractivity contribution in [1.82, 2.24) is 0 Å². The first-order valence-electron chi connectivity index (χ1n) is 5.28. The van der Waals surface area contributed by atoms with Crippen LogP contribution >= 0.6 is 11.8 Å². The number of carbonyl (C=O) groups is 2. The van der Waals surface area contributed by atoms with E-state index in [2.05, 4.69) is 5.32 Å². The first-order valence-corrected chi connectivity index (χ1v) is 6.09. The Balaban J connectivity index is 2.05. The van der Waals surface area contributed by atoms with Crippen LogP contribution in [-0.4, -0.2) is 12.2 Å². The number of benzene rings is 1. The summed E-state index contributed by atoms with van der Waals surface area (Å²) in [6.07, 6.45) is 0.671. The summed E-state index contributed by atoms with van der Waals surface area (Å²) in [6.45, 7) is 1.46. The Hall–Kier alpha value is -2.01. The Bertz CT molecular complexity index is 560. The minimum atomic E-state index is -0.0999. The lowest BCUT2D eigenvalue weighted by Crippen LogP contribution is -2.05. The topological polar surface area (TPSA) is 59.3 Å². The van der Waals surface area contributed by atoms with Crippen molar-refractivity contribution >= 4 is 29.6 Å². The maximum atomic E-state index is 10.9. The van der Waals surface area contributed by atoms with E-state index >= 15 is 0 Å². The molecule has 0 fully saturated rings. The van der Waals surface area contributed by atoms with Crippen LogP contribution < -0.4 is 5.32 Å². The molecule has 1 aromatic heterocycles. The van der Waals surface area contributed by atoms with Crippen LogP contribution in [0.5, 0.6) is 0 Å². The fourth-order valence-electron chi connectivity index (χ4n) is 1.38. The van der Waals surface area contributed by atoms with Gasteiger partial charge in [-0.1, -0.05) is 11.8 Å². The second-order valence-corrected chi connectivity index (χ2v) is 4.66. The first-order chi connectivity index (χ1) is 8.67. The molecule has 2 rings (SSSR count). The van der Waals surface area contributed by atoms with Crippen molar-refractivity contribution in [3.63, 3.8) is 0 Å². The Morgan fingerprint density at radius 3 is 2.50 bits per heavy atom. The van der Waals surface area contributed by atoms with Gasteiger partial charge in [0.1, 0.15) is 0 Å². The summed E-state index contributed by atoms with van der Waals surface area (Å²) in [7, 11) is 0. The van der Waals surface area contributed by atoms with Gasteiger partial charge in [-0.2, -0.15) is 0 Å². The molecule has 0 unspecified atom stereocenters. The van der Waals surface area contributed by atoms with Crippen LogP contribution in [0.15, 0.2) is 50.8 Å². The van der Waals surface area contributed by atoms with Crippen LogP contribution in [-0.2, 0) is 4.79 Å². The van der Waals surface area contributed by atoms with Gasteiger partial charge < -0.3 is 9.73 Å². The van der Waals surface area contributed by atoms with Crippen molar-refractivity contribution in [3.05, 3.63) is 42.2 Å². The Morgan fingerprint density at radius 1 is 1.22 bits per heavy atom. The predicted octanol–water partition coefficient (Wildman–Crippen LogP) is 3.20. The molecule has 1 aromatic carbocycles. The van der Waals surface area contributed by atoms with Gasteiger partial charge in [0.15, 0.2) is 17.1 Å². The average Bonchev–Trinajstić information content (AvgIpc) is 2.79. The van der Waals surface area contributed by atoms with Crippen LogP contribution in [0.25, 0.3) is 0 Å². The number of anilines is 1. The molecule has 0 bridgehead atoms. The second-order valence-electron chi connectivity index (χ2n) is 3.58. The zero-order valence-electron chi connectivity index (χ0n) is 9.67. The minimum Gasteiger partial charge on any atom is -0.447 e. The third-order valence-corrected chi connectivity index (χ3v) is 3.04. The minimum absolute atomic E-state index is 0.0999. The molecule has 0 spiro atoms. The SMILES string of the molecule is CC(=O)Nc1ccc(Sc2ccc(C=O)o2)cc1. The van der Waals surface area contributed by atoms with E-state index < -0.39 is 0 Å². The molecule has 18 heavy (non-hydrogen) atoms. The first kappa shape index (κ1) is 12.4. The fraction of sp³-hybridized carbons (Fsp3) is 0.0769.